The van der Waals surface area contributed by atoms with E-state index in [0.29, 0.717) is 0 Å². The Kier molecular flexibility index (Phi) is 3.84. The number of carboxylic acids is 1. The van der Waals surface area contributed by atoms with E-state index >= 15 is 0 Å². The number of hydrogen-bond acceptors (Lipinski definition) is 7. The minimum Gasteiger partial charge on any atom is -0.477 e. The van der Waals surface area contributed by atoms with Gasteiger partial charge in [0.15, 0.2) is 0 Å². The van der Waals surface area contributed by atoms with Gasteiger partial charge in [0.2, 0.25) is 0 Å². The molecule has 1 aliphatic rings. The van der Waals surface area contributed by atoms with Crippen LogP contribution in [0.15, 0.2) is 0 Å². The van der Waals surface area contributed by atoms with Crippen LogP contribution in [0.5, 0.6) is 0 Å². The summed E-state index contributed by atoms with van der Waals surface area (Å²) in [5, 5.41) is 54.4. The number of ether oxygens (including phenoxy) is 1. The lowest BCUT2D eigenvalue weighted by Gasteiger charge is -2.24. The molecular formula is C8H14O8. The Bertz CT molecular complexity index is 269. The summed E-state index contributed by atoms with van der Waals surface area (Å²) in [6, 6.07) is 0. The molecule has 0 aromatic heterocycles. The van der Waals surface area contributed by atoms with Crippen LogP contribution in [0.2, 0.25) is 0 Å². The van der Waals surface area contributed by atoms with Crippen molar-refractivity contribution in [2.45, 2.75) is 36.6 Å². The van der Waals surface area contributed by atoms with Gasteiger partial charge >= 0.3 is 5.97 Å². The first-order chi connectivity index (χ1) is 7.31. The zero-order valence-corrected chi connectivity index (χ0v) is 8.22. The summed E-state index contributed by atoms with van der Waals surface area (Å²) in [4.78, 5) is 10.6. The van der Waals surface area contributed by atoms with Crippen molar-refractivity contribution in [2.75, 3.05) is 6.61 Å². The van der Waals surface area contributed by atoms with Gasteiger partial charge in [0.05, 0.1) is 12.7 Å². The van der Waals surface area contributed by atoms with Crippen LogP contribution in [-0.2, 0) is 9.53 Å². The van der Waals surface area contributed by atoms with Crippen molar-refractivity contribution in [3.63, 3.8) is 0 Å². The third-order valence-electron chi connectivity index (χ3n) is 2.45. The fraction of sp³-hybridized carbons (Fsp3) is 0.875. The third-order valence-corrected chi connectivity index (χ3v) is 2.45. The van der Waals surface area contributed by atoms with Crippen LogP contribution >= 0.6 is 0 Å². The van der Waals surface area contributed by atoms with Gasteiger partial charge in [-0.25, -0.2) is 4.79 Å². The Labute approximate surface area is 90.3 Å². The number of aliphatic hydroxyl groups excluding tert-OH is 4. The SMILES string of the molecule is O=C(O)[C@@]1(O)C[C@H](O)[C@@H]([C@@H](O)[C@@H](O)CO)O1. The number of rotatable bonds is 4. The van der Waals surface area contributed by atoms with Crippen molar-refractivity contribution in [1.82, 2.24) is 0 Å². The highest BCUT2D eigenvalue weighted by Crippen LogP contribution is 2.31. The van der Waals surface area contributed by atoms with Crippen molar-refractivity contribution < 1.29 is 40.2 Å². The highest BCUT2D eigenvalue weighted by Gasteiger charge is 2.53. The summed E-state index contributed by atoms with van der Waals surface area (Å²) in [5.41, 5.74) is 0. The lowest BCUT2D eigenvalue weighted by molar-refractivity contribution is -0.230. The fourth-order valence-corrected chi connectivity index (χ4v) is 1.51. The molecule has 0 aromatic rings. The van der Waals surface area contributed by atoms with Crippen molar-refractivity contribution in [3.8, 4) is 0 Å². The molecule has 0 saturated carbocycles. The van der Waals surface area contributed by atoms with Crippen LogP contribution in [0.4, 0.5) is 0 Å². The quantitative estimate of drug-likeness (QED) is 0.297. The summed E-state index contributed by atoms with van der Waals surface area (Å²) in [6.07, 6.45) is -6.81. The molecule has 1 fully saturated rings. The van der Waals surface area contributed by atoms with Crippen LogP contribution in [0.1, 0.15) is 6.42 Å². The largest absolute Gasteiger partial charge is 0.477 e. The average Bonchev–Trinajstić information content (AvgIpc) is 2.53. The molecule has 0 aromatic carbocycles. The number of carbonyl (C=O) groups is 1. The molecule has 16 heavy (non-hydrogen) atoms. The maximum Gasteiger partial charge on any atom is 0.364 e. The molecule has 94 valence electrons. The van der Waals surface area contributed by atoms with Crippen molar-refractivity contribution in [1.29, 1.82) is 0 Å². The maximum atomic E-state index is 10.6. The molecule has 0 unspecified atom stereocenters. The van der Waals surface area contributed by atoms with Crippen molar-refractivity contribution in [3.05, 3.63) is 0 Å². The molecule has 5 atom stereocenters. The average molecular weight is 238 g/mol. The zero-order valence-electron chi connectivity index (χ0n) is 8.22. The van der Waals surface area contributed by atoms with Gasteiger partial charge in [-0.15, -0.1) is 0 Å². The smallest absolute Gasteiger partial charge is 0.364 e. The van der Waals surface area contributed by atoms with E-state index in [2.05, 4.69) is 4.74 Å². The van der Waals surface area contributed by atoms with Crippen LogP contribution < -0.4 is 0 Å². The second-order valence-corrected chi connectivity index (χ2v) is 3.68. The van der Waals surface area contributed by atoms with E-state index in [0.717, 1.165) is 0 Å². The lowest BCUT2D eigenvalue weighted by Crippen LogP contribution is -2.46. The molecule has 1 rings (SSSR count). The van der Waals surface area contributed by atoms with E-state index in [1.807, 2.05) is 0 Å². The Morgan fingerprint density at radius 1 is 1.50 bits per heavy atom. The van der Waals surface area contributed by atoms with Crippen LogP contribution in [0, 0.1) is 0 Å². The van der Waals surface area contributed by atoms with Gasteiger partial charge in [-0.1, -0.05) is 0 Å². The molecule has 1 saturated heterocycles. The van der Waals surface area contributed by atoms with E-state index in [4.69, 9.17) is 15.3 Å². The summed E-state index contributed by atoms with van der Waals surface area (Å²) in [5.74, 6) is -4.28. The molecule has 8 heteroatoms. The lowest BCUT2D eigenvalue weighted by atomic mass is 10.0. The summed E-state index contributed by atoms with van der Waals surface area (Å²) in [6.45, 7) is -0.779. The summed E-state index contributed by atoms with van der Waals surface area (Å²) >= 11 is 0. The molecule has 0 spiro atoms. The van der Waals surface area contributed by atoms with Gasteiger partial charge in [0, 0.05) is 6.42 Å². The molecule has 8 nitrogen and oxygen atoms in total. The minimum absolute atomic E-state index is 0.623. The molecule has 0 bridgehead atoms. The number of aliphatic hydroxyl groups is 5. The highest BCUT2D eigenvalue weighted by molar-refractivity contribution is 5.75. The van der Waals surface area contributed by atoms with E-state index in [1.165, 1.54) is 0 Å². The molecule has 0 radical (unpaired) electrons. The first-order valence-corrected chi connectivity index (χ1v) is 4.60. The number of hydrogen-bond donors (Lipinski definition) is 6. The van der Waals surface area contributed by atoms with Gasteiger partial charge in [-0.3, -0.25) is 0 Å². The van der Waals surface area contributed by atoms with E-state index in [9.17, 15) is 20.1 Å². The zero-order chi connectivity index (χ0) is 12.5. The fourth-order valence-electron chi connectivity index (χ4n) is 1.51. The molecule has 6 N–H and O–H groups in total. The summed E-state index contributed by atoms with van der Waals surface area (Å²) in [7, 11) is 0. The molecule has 1 heterocycles. The van der Waals surface area contributed by atoms with Gasteiger partial charge in [-0.2, -0.15) is 0 Å². The van der Waals surface area contributed by atoms with Crippen molar-refractivity contribution in [2.24, 2.45) is 0 Å². The predicted molar refractivity (Wildman–Crippen MR) is 47.2 cm³/mol. The second-order valence-electron chi connectivity index (χ2n) is 3.68. The van der Waals surface area contributed by atoms with Gasteiger partial charge in [-0.05, 0) is 0 Å². The Morgan fingerprint density at radius 3 is 2.44 bits per heavy atom. The molecule has 0 aliphatic carbocycles. The van der Waals surface area contributed by atoms with Gasteiger partial charge in [0.1, 0.15) is 18.3 Å². The first-order valence-electron chi connectivity index (χ1n) is 4.60. The topological polar surface area (TPSA) is 148 Å². The van der Waals surface area contributed by atoms with Gasteiger partial charge < -0.3 is 35.4 Å². The van der Waals surface area contributed by atoms with E-state index in [-0.39, 0.29) is 0 Å². The highest BCUT2D eigenvalue weighted by atomic mass is 16.7. The first kappa shape index (κ1) is 13.3. The third kappa shape index (κ3) is 2.32. The monoisotopic (exact) mass is 238 g/mol. The van der Waals surface area contributed by atoms with Crippen LogP contribution in [0.25, 0.3) is 0 Å². The molecule has 0 amide bonds. The van der Waals surface area contributed by atoms with E-state index in [1.54, 1.807) is 0 Å². The maximum absolute atomic E-state index is 10.6. The molecular weight excluding hydrogens is 224 g/mol. The minimum atomic E-state index is -2.58. The standard InChI is InChI=1S/C8H14O8/c9-2-4(11)5(12)6-3(10)1-8(15,16-6)7(13)14/h3-6,9-12,15H,1-2H2,(H,13,14)/t3-,4-,5-,6-,8+/m0/s1. The molecule has 1 aliphatic heterocycles. The predicted octanol–water partition coefficient (Wildman–Crippen LogP) is -3.38. The van der Waals surface area contributed by atoms with Gasteiger partial charge in [0.25, 0.3) is 5.79 Å². The Balaban J connectivity index is 2.75. The second kappa shape index (κ2) is 4.62. The van der Waals surface area contributed by atoms with Crippen LogP contribution in [-0.4, -0.2) is 73.4 Å². The van der Waals surface area contributed by atoms with Crippen LogP contribution in [0.3, 0.4) is 0 Å². The normalized spacial score (nSPS) is 38.3. The van der Waals surface area contributed by atoms with E-state index < -0.39 is 49.2 Å². The number of aliphatic carboxylic acids is 1. The summed E-state index contributed by atoms with van der Waals surface area (Å²) < 4.78 is 4.59. The number of carboxylic acid groups (broad SMARTS) is 1. The van der Waals surface area contributed by atoms with Crippen molar-refractivity contribution >= 4 is 5.97 Å². The Hall–Kier alpha value is -0.770. The Morgan fingerprint density at radius 2 is 2.06 bits per heavy atom.